The first-order valence-corrected chi connectivity index (χ1v) is 15.9. The number of benzene rings is 2. The molecule has 3 aromatic rings. The topological polar surface area (TPSA) is 164 Å². The van der Waals surface area contributed by atoms with Gasteiger partial charge in [0.25, 0.3) is 0 Å². The molecule has 11 nitrogen and oxygen atoms in total. The summed E-state index contributed by atoms with van der Waals surface area (Å²) in [6, 6.07) is 23.9. The Morgan fingerprint density at radius 2 is 1.46 bits per heavy atom. The molecule has 5 atom stereocenters. The number of furan rings is 1. The Hall–Kier alpha value is -4.28. The van der Waals surface area contributed by atoms with Crippen LogP contribution in [-0.4, -0.2) is 35.0 Å². The molecule has 2 heterocycles. The second-order valence-corrected chi connectivity index (χ2v) is 12.0. The van der Waals surface area contributed by atoms with E-state index in [1.54, 1.807) is 13.2 Å². The number of hydrogen-bond acceptors (Lipinski definition) is 6. The first-order valence-electron chi connectivity index (χ1n) is 15.2. The number of hydrazone groups is 1. The van der Waals surface area contributed by atoms with E-state index in [0.29, 0.717) is 27.9 Å². The zero-order chi connectivity index (χ0) is 38.3. The van der Waals surface area contributed by atoms with Crippen LogP contribution in [0.1, 0.15) is 64.2 Å². The van der Waals surface area contributed by atoms with Crippen LogP contribution in [0.25, 0.3) is 0 Å². The molecule has 260 valence electrons. The third-order valence-electron chi connectivity index (χ3n) is 8.45. The number of ether oxygens (including phenoxy) is 2. The quantitative estimate of drug-likeness (QED) is 0.141. The van der Waals surface area contributed by atoms with Crippen molar-refractivity contribution in [1.82, 2.24) is 0 Å². The normalized spacial score (nSPS) is 20.2. The van der Waals surface area contributed by atoms with Crippen LogP contribution < -0.4 is 5.01 Å². The number of anilines is 1. The zero-order valence-electron chi connectivity index (χ0n) is 28.2. The molecule has 1 aliphatic carbocycles. The van der Waals surface area contributed by atoms with Gasteiger partial charge in [0.1, 0.15) is 0 Å². The van der Waals surface area contributed by atoms with Crippen LogP contribution in [0.15, 0.2) is 88.6 Å². The number of nitrogens with zero attached hydrogens (tertiary/aromatic N) is 2. The molecule has 2 aliphatic rings. The van der Waals surface area contributed by atoms with Crippen molar-refractivity contribution in [2.45, 2.75) is 70.4 Å². The molecule has 0 spiro atoms. The number of rotatable bonds is 9. The fourth-order valence-corrected chi connectivity index (χ4v) is 6.84. The summed E-state index contributed by atoms with van der Waals surface area (Å²) in [6.45, 7) is 31.5. The van der Waals surface area contributed by atoms with Crippen molar-refractivity contribution in [3.8, 4) is 0 Å². The second kappa shape index (κ2) is 24.8. The Kier molecular flexibility index (Phi) is 22.7. The van der Waals surface area contributed by atoms with Crippen LogP contribution in [0.4, 0.5) is 5.69 Å². The van der Waals surface area contributed by atoms with Crippen LogP contribution in [-0.2, 0) is 58.8 Å². The Labute approximate surface area is 301 Å². The summed E-state index contributed by atoms with van der Waals surface area (Å²) in [5, 5.41) is 6.70. The summed E-state index contributed by atoms with van der Waals surface area (Å²) in [5.41, 5.74) is 2.41. The molecule has 0 bridgehead atoms. The zero-order valence-corrected chi connectivity index (χ0v) is 29.5. The van der Waals surface area contributed by atoms with E-state index >= 15 is 0 Å². The van der Waals surface area contributed by atoms with Gasteiger partial charge in [0, 0.05) is 0 Å². The molecule has 0 radical (unpaired) electrons. The summed E-state index contributed by atoms with van der Waals surface area (Å²) < 4.78 is 56.5. The number of carbonyl (C=O) groups is 1. The SMILES string of the molecule is CCOC(=O)C1=NN(c2ccccc2)[C@H]([C](=[Cr])O[C@@H]2C[C@H](C)CC[C@H]2C(C)(C)c2ccccc2)[C@H]1c1ccco1.[C-]#[O+].[C-]#[O+].[C-]#[O+].[C-]#[O+].[C-]#[O+]. The Bertz CT molecular complexity index is 1530. The van der Waals surface area contributed by atoms with Crippen LogP contribution in [0.3, 0.4) is 0 Å². The third-order valence-corrected chi connectivity index (χ3v) is 8.98. The van der Waals surface area contributed by atoms with Gasteiger partial charge in [0.15, 0.2) is 0 Å². The monoisotopic (exact) mass is 718 g/mol. The molecule has 0 unspecified atom stereocenters. The molecule has 0 saturated heterocycles. The molecular weight excluding hydrogens is 680 g/mol. The van der Waals surface area contributed by atoms with Gasteiger partial charge < -0.3 is 0 Å². The molecular formula is C38H38CrN2O9. The van der Waals surface area contributed by atoms with Crippen molar-refractivity contribution in [2.75, 3.05) is 11.6 Å². The standard InChI is InChI=1S/C33H38N2O4.5CO.Cr/c1-5-37-32(36)31-30(28-17-12-20-38-28)27(35(34-31)25-15-10-7-11-16-25)22-39-29-21-23(2)18-19-26(29)33(3,4)24-13-8-6-9-14-24;5*1-2;/h6-17,20,23,26-27,29-30H,5,18-19,21H2,1-4H3;;;;;;/t23-,26-,27-,29-,30+;;;;;;/m1....../s1. The minimum absolute atomic E-state index is 0.00303. The van der Waals surface area contributed by atoms with Crippen LogP contribution in [0, 0.1) is 45.1 Å². The maximum atomic E-state index is 13.2. The van der Waals surface area contributed by atoms with Crippen molar-refractivity contribution in [3.63, 3.8) is 0 Å². The van der Waals surface area contributed by atoms with Gasteiger partial charge in [-0.2, -0.15) is 0 Å². The van der Waals surface area contributed by atoms with Gasteiger partial charge in [-0.15, -0.1) is 0 Å². The van der Waals surface area contributed by atoms with Crippen LogP contribution in [0.5, 0.6) is 0 Å². The summed E-state index contributed by atoms with van der Waals surface area (Å²) in [6.07, 6.45) is 4.84. The van der Waals surface area contributed by atoms with Gasteiger partial charge in [-0.1, -0.05) is 0 Å². The maximum absolute atomic E-state index is 13.2. The van der Waals surface area contributed by atoms with Gasteiger partial charge in [-0.3, -0.25) is 0 Å². The van der Waals surface area contributed by atoms with Gasteiger partial charge >= 0.3 is 302 Å². The number of esters is 1. The van der Waals surface area contributed by atoms with Crippen molar-refractivity contribution >= 4 is 21.9 Å². The van der Waals surface area contributed by atoms with Crippen LogP contribution in [0.2, 0.25) is 0 Å². The van der Waals surface area contributed by atoms with Crippen molar-refractivity contribution in [3.05, 3.63) is 124 Å². The van der Waals surface area contributed by atoms with E-state index in [9.17, 15) is 4.79 Å². The van der Waals surface area contributed by atoms with E-state index in [1.165, 1.54) is 12.0 Å². The minimum atomic E-state index is -0.493. The molecule has 2 aromatic carbocycles. The van der Waals surface area contributed by atoms with Crippen LogP contribution >= 0.6 is 0 Å². The van der Waals surface area contributed by atoms with Crippen molar-refractivity contribution < 1.29 is 57.8 Å². The number of hydrogen-bond donors (Lipinski definition) is 0. The Morgan fingerprint density at radius 1 is 0.900 bits per heavy atom. The van der Waals surface area contributed by atoms with E-state index in [-0.39, 0.29) is 18.1 Å². The summed E-state index contributed by atoms with van der Waals surface area (Å²) >= 11 is 3.26. The van der Waals surface area contributed by atoms with E-state index in [1.807, 2.05) is 47.5 Å². The molecule has 0 N–H and O–H groups in total. The molecule has 0 amide bonds. The van der Waals surface area contributed by atoms with Gasteiger partial charge in [0.2, 0.25) is 0 Å². The summed E-state index contributed by atoms with van der Waals surface area (Å²) in [5.74, 6) is 0.571. The van der Waals surface area contributed by atoms with Crippen molar-refractivity contribution in [1.29, 1.82) is 0 Å². The molecule has 1 aromatic heterocycles. The predicted molar refractivity (Wildman–Crippen MR) is 174 cm³/mol. The van der Waals surface area contributed by atoms with E-state index in [2.05, 4.69) is 100 Å². The fourth-order valence-electron chi connectivity index (χ4n) is 6.28. The van der Waals surface area contributed by atoms with Gasteiger partial charge in [0.05, 0.1) is 0 Å². The average molecular weight is 719 g/mol. The Balaban J connectivity index is 0.00000221. The van der Waals surface area contributed by atoms with E-state index < -0.39 is 17.9 Å². The first-order chi connectivity index (χ1) is 24.3. The van der Waals surface area contributed by atoms with E-state index in [0.717, 1.165) is 18.5 Å². The third kappa shape index (κ3) is 11.7. The summed E-state index contributed by atoms with van der Waals surface area (Å²) in [4.78, 5) is 13.2. The Morgan fingerprint density at radius 3 is 1.98 bits per heavy atom. The number of para-hydroxylation sites is 1. The molecule has 5 rings (SSSR count). The predicted octanol–water partition coefficient (Wildman–Crippen LogP) is 6.46. The number of carbonyl (C=O) groups excluding carboxylic acids is 1. The second-order valence-electron chi connectivity index (χ2n) is 11.4. The molecule has 50 heavy (non-hydrogen) atoms. The molecule has 1 saturated carbocycles. The average Bonchev–Trinajstić information content (AvgIpc) is 3.86. The molecule has 12 heteroatoms. The van der Waals surface area contributed by atoms with Gasteiger partial charge in [-0.25, -0.2) is 0 Å². The molecule has 1 aliphatic heterocycles. The fraction of sp³-hybridized carbons (Fsp3) is 0.368. The van der Waals surface area contributed by atoms with Crippen molar-refractivity contribution in [2.24, 2.45) is 16.9 Å². The van der Waals surface area contributed by atoms with Gasteiger partial charge in [-0.05, 0) is 0 Å². The summed E-state index contributed by atoms with van der Waals surface area (Å²) in [7, 11) is 0. The first kappa shape index (κ1) is 45.7. The van der Waals surface area contributed by atoms with E-state index in [4.69, 9.17) is 42.3 Å². The molecule has 1 fully saturated rings.